The summed E-state index contributed by atoms with van der Waals surface area (Å²) in [5.74, 6) is 0. The molecule has 0 aliphatic carbocycles. The van der Waals surface area contributed by atoms with Gasteiger partial charge in [0.15, 0.2) is 0 Å². The smallest absolute Gasteiger partial charge is 0.318 e. The minimum Gasteiger partial charge on any atom is -0.318 e. The molecule has 0 bridgehead atoms. The average molecular weight is 209 g/mol. The van der Waals surface area contributed by atoms with Gasteiger partial charge in [0.2, 0.25) is 0 Å². The molecule has 0 N–H and O–H groups in total. The quantitative estimate of drug-likeness (QED) is 0.708. The first-order valence-corrected chi connectivity index (χ1v) is 5.29. The van der Waals surface area contributed by atoms with Gasteiger partial charge in [0.05, 0.1) is 6.10 Å². The largest absolute Gasteiger partial charge is 0.345 e. The number of likely N-dealkylation sites (N-methyl/N-ethyl adjacent to an activating group) is 1. The highest BCUT2D eigenvalue weighted by atomic mass is 19.3. The summed E-state index contributed by atoms with van der Waals surface area (Å²) in [5, 5.41) is 0. The maximum atomic E-state index is 11.7. The molecule has 1 aliphatic heterocycles. The van der Waals surface area contributed by atoms with Gasteiger partial charge in [0.1, 0.15) is 0 Å². The molecule has 1 saturated heterocycles. The van der Waals surface area contributed by atoms with Crippen molar-refractivity contribution >= 4 is 0 Å². The second-order valence-corrected chi connectivity index (χ2v) is 3.41. The number of alkyl halides is 2. The molecular weight excluding hydrogens is 188 g/mol. The number of hydrogen-bond acceptors (Lipinski definition) is 2. The SMILES string of the molecule is CCC.CCN1CCC(OC(F)F)C1. The molecule has 1 atom stereocenters. The van der Waals surface area contributed by atoms with Crippen molar-refractivity contribution in [2.45, 2.75) is 46.3 Å². The van der Waals surface area contributed by atoms with Gasteiger partial charge < -0.3 is 9.64 Å². The molecule has 1 unspecified atom stereocenters. The van der Waals surface area contributed by atoms with Gasteiger partial charge in [-0.1, -0.05) is 27.2 Å². The number of likely N-dealkylation sites (tertiary alicyclic amines) is 1. The molecule has 0 aromatic heterocycles. The molecule has 4 heteroatoms. The molecule has 0 spiro atoms. The van der Waals surface area contributed by atoms with Crippen LogP contribution >= 0.6 is 0 Å². The standard InChI is InChI=1S/C7H13F2NO.C3H8/c1-2-10-4-3-6(5-10)11-7(8)9;1-3-2/h6-7H,2-5H2,1H3;3H2,1-2H3. The summed E-state index contributed by atoms with van der Waals surface area (Å²) in [6.45, 7) is 6.11. The minimum atomic E-state index is -2.61. The topological polar surface area (TPSA) is 12.5 Å². The van der Waals surface area contributed by atoms with Crippen LogP contribution in [0, 0.1) is 0 Å². The number of halogens is 2. The Morgan fingerprint density at radius 1 is 1.36 bits per heavy atom. The Morgan fingerprint density at radius 3 is 2.29 bits per heavy atom. The van der Waals surface area contributed by atoms with Crippen molar-refractivity contribution in [3.05, 3.63) is 0 Å². The summed E-state index contributed by atoms with van der Waals surface area (Å²) in [6, 6.07) is 0. The van der Waals surface area contributed by atoms with E-state index in [1.54, 1.807) is 0 Å². The summed E-state index contributed by atoms with van der Waals surface area (Å²) in [5.41, 5.74) is 0. The Morgan fingerprint density at radius 2 is 1.93 bits per heavy atom. The van der Waals surface area contributed by atoms with Crippen LogP contribution in [-0.4, -0.2) is 37.2 Å². The molecule has 0 radical (unpaired) electrons. The van der Waals surface area contributed by atoms with E-state index < -0.39 is 6.61 Å². The fourth-order valence-electron chi connectivity index (χ4n) is 1.34. The van der Waals surface area contributed by atoms with Crippen molar-refractivity contribution in [2.75, 3.05) is 19.6 Å². The highest BCUT2D eigenvalue weighted by molar-refractivity contribution is 4.74. The lowest BCUT2D eigenvalue weighted by atomic mass is 10.3. The summed E-state index contributed by atoms with van der Waals surface area (Å²) in [4.78, 5) is 2.10. The van der Waals surface area contributed by atoms with Gasteiger partial charge in [-0.15, -0.1) is 0 Å². The summed E-state index contributed by atoms with van der Waals surface area (Å²) < 4.78 is 27.7. The van der Waals surface area contributed by atoms with Gasteiger partial charge in [-0.2, -0.15) is 8.78 Å². The van der Waals surface area contributed by atoms with Crippen molar-refractivity contribution in [1.29, 1.82) is 0 Å². The molecule has 2 nitrogen and oxygen atoms in total. The molecule has 1 aliphatic rings. The molecule has 86 valence electrons. The van der Waals surface area contributed by atoms with E-state index in [1.807, 2.05) is 6.92 Å². The Balaban J connectivity index is 0.000000500. The molecule has 0 amide bonds. The molecule has 1 heterocycles. The molecule has 14 heavy (non-hydrogen) atoms. The zero-order valence-corrected chi connectivity index (χ0v) is 9.30. The van der Waals surface area contributed by atoms with Gasteiger partial charge in [-0.25, -0.2) is 0 Å². The maximum absolute atomic E-state index is 11.7. The van der Waals surface area contributed by atoms with Crippen molar-refractivity contribution in [2.24, 2.45) is 0 Å². The number of rotatable bonds is 3. The van der Waals surface area contributed by atoms with Crippen LogP contribution in [0.3, 0.4) is 0 Å². The van der Waals surface area contributed by atoms with Crippen LogP contribution in [0.15, 0.2) is 0 Å². The first-order chi connectivity index (χ1) is 6.63. The zero-order valence-electron chi connectivity index (χ0n) is 9.30. The Hall–Kier alpha value is -0.220. The van der Waals surface area contributed by atoms with Gasteiger partial charge in [-0.3, -0.25) is 0 Å². The number of nitrogens with zero attached hydrogens (tertiary/aromatic N) is 1. The van der Waals surface area contributed by atoms with E-state index in [9.17, 15) is 8.78 Å². The van der Waals surface area contributed by atoms with Gasteiger partial charge in [-0.05, 0) is 13.0 Å². The highest BCUT2D eigenvalue weighted by Gasteiger charge is 2.24. The fraction of sp³-hybridized carbons (Fsp3) is 1.00. The number of hydrogen-bond donors (Lipinski definition) is 0. The van der Waals surface area contributed by atoms with Crippen LogP contribution in [0.1, 0.15) is 33.6 Å². The van der Waals surface area contributed by atoms with E-state index in [4.69, 9.17) is 0 Å². The predicted molar refractivity (Wildman–Crippen MR) is 53.6 cm³/mol. The second-order valence-electron chi connectivity index (χ2n) is 3.41. The van der Waals surface area contributed by atoms with E-state index in [1.165, 1.54) is 6.42 Å². The van der Waals surface area contributed by atoms with Crippen LogP contribution in [0.2, 0.25) is 0 Å². The number of ether oxygens (including phenoxy) is 1. The van der Waals surface area contributed by atoms with Crippen LogP contribution in [0.5, 0.6) is 0 Å². The van der Waals surface area contributed by atoms with Gasteiger partial charge in [0, 0.05) is 13.1 Å². The molecule has 0 saturated carbocycles. The monoisotopic (exact) mass is 209 g/mol. The third-order valence-electron chi connectivity index (χ3n) is 1.97. The molecule has 0 aromatic rings. The normalized spacial score (nSPS) is 22.3. The highest BCUT2D eigenvalue weighted by Crippen LogP contribution is 2.14. The van der Waals surface area contributed by atoms with Crippen molar-refractivity contribution in [3.63, 3.8) is 0 Å². The molecular formula is C10H21F2NO. The summed E-state index contributed by atoms with van der Waals surface area (Å²) >= 11 is 0. The van der Waals surface area contributed by atoms with Crippen LogP contribution in [0.4, 0.5) is 8.78 Å². The van der Waals surface area contributed by atoms with E-state index >= 15 is 0 Å². The van der Waals surface area contributed by atoms with E-state index in [-0.39, 0.29) is 6.10 Å². The first kappa shape index (κ1) is 13.8. The average Bonchev–Trinajstić information content (AvgIpc) is 2.52. The van der Waals surface area contributed by atoms with E-state index in [0.29, 0.717) is 6.54 Å². The minimum absolute atomic E-state index is 0.255. The van der Waals surface area contributed by atoms with Gasteiger partial charge in [0.25, 0.3) is 0 Å². The molecule has 1 rings (SSSR count). The van der Waals surface area contributed by atoms with Crippen LogP contribution in [-0.2, 0) is 4.74 Å². The van der Waals surface area contributed by atoms with Crippen LogP contribution in [0.25, 0.3) is 0 Å². The van der Waals surface area contributed by atoms with Crippen molar-refractivity contribution in [1.82, 2.24) is 4.90 Å². The molecule has 1 fully saturated rings. The fourth-order valence-corrected chi connectivity index (χ4v) is 1.34. The zero-order chi connectivity index (χ0) is 11.0. The first-order valence-electron chi connectivity index (χ1n) is 5.29. The summed E-state index contributed by atoms with van der Waals surface area (Å²) in [6.07, 6.45) is 1.73. The van der Waals surface area contributed by atoms with Crippen LogP contribution < -0.4 is 0 Å². The Kier molecular flexibility index (Phi) is 7.99. The van der Waals surface area contributed by atoms with E-state index in [0.717, 1.165) is 19.5 Å². The maximum Gasteiger partial charge on any atom is 0.345 e. The van der Waals surface area contributed by atoms with Crippen molar-refractivity contribution < 1.29 is 13.5 Å². The predicted octanol–water partition coefficient (Wildman–Crippen LogP) is 2.74. The Bertz CT molecular complexity index is 133. The van der Waals surface area contributed by atoms with E-state index in [2.05, 4.69) is 23.5 Å². The Labute approximate surface area is 85.2 Å². The third kappa shape index (κ3) is 6.27. The lowest BCUT2D eigenvalue weighted by Crippen LogP contribution is -2.24. The van der Waals surface area contributed by atoms with Crippen molar-refractivity contribution in [3.8, 4) is 0 Å². The summed E-state index contributed by atoms with van der Waals surface area (Å²) in [7, 11) is 0. The second kappa shape index (κ2) is 8.12. The lowest BCUT2D eigenvalue weighted by Gasteiger charge is -2.12. The lowest BCUT2D eigenvalue weighted by molar-refractivity contribution is -0.158. The molecule has 0 aromatic carbocycles. The third-order valence-corrected chi connectivity index (χ3v) is 1.97. The van der Waals surface area contributed by atoms with Gasteiger partial charge >= 0.3 is 6.61 Å².